The first-order valence-corrected chi connectivity index (χ1v) is 8.13. The highest BCUT2D eigenvalue weighted by Crippen LogP contribution is 2.26. The van der Waals surface area contributed by atoms with Crippen molar-refractivity contribution >= 4 is 34.2 Å². The minimum absolute atomic E-state index is 0. The van der Waals surface area contributed by atoms with E-state index in [0.29, 0.717) is 17.9 Å². The van der Waals surface area contributed by atoms with E-state index in [2.05, 4.69) is 33.3 Å². The number of nitrogens with zero attached hydrogens (tertiary/aromatic N) is 3. The van der Waals surface area contributed by atoms with Crippen LogP contribution in [-0.2, 0) is 4.79 Å². The second kappa shape index (κ2) is 7.11. The zero-order valence-electron chi connectivity index (χ0n) is 12.2. The van der Waals surface area contributed by atoms with Gasteiger partial charge < -0.3 is 10.2 Å². The summed E-state index contributed by atoms with van der Waals surface area (Å²) >= 11 is 3.43. The van der Waals surface area contributed by atoms with Crippen molar-refractivity contribution in [3.8, 4) is 0 Å². The molecule has 0 aliphatic carbocycles. The van der Waals surface area contributed by atoms with Crippen molar-refractivity contribution < 1.29 is 4.79 Å². The summed E-state index contributed by atoms with van der Waals surface area (Å²) in [7, 11) is 0. The van der Waals surface area contributed by atoms with E-state index < -0.39 is 0 Å². The van der Waals surface area contributed by atoms with Crippen LogP contribution in [0.15, 0.2) is 16.9 Å². The van der Waals surface area contributed by atoms with Gasteiger partial charge in [0.2, 0.25) is 5.91 Å². The molecule has 0 spiro atoms. The van der Waals surface area contributed by atoms with E-state index in [1.54, 1.807) is 0 Å². The van der Waals surface area contributed by atoms with E-state index in [0.717, 1.165) is 43.5 Å². The van der Waals surface area contributed by atoms with Gasteiger partial charge in [-0.15, -0.1) is 12.4 Å². The van der Waals surface area contributed by atoms with Gasteiger partial charge in [-0.25, -0.2) is 0 Å². The summed E-state index contributed by atoms with van der Waals surface area (Å²) in [5, 5.41) is 7.60. The molecule has 7 heteroatoms. The Morgan fingerprint density at radius 1 is 1.43 bits per heavy atom. The highest BCUT2D eigenvalue weighted by molar-refractivity contribution is 9.10. The Kier molecular flexibility index (Phi) is 5.68. The number of carbonyl (C=O) groups is 1. The van der Waals surface area contributed by atoms with Gasteiger partial charge in [-0.05, 0) is 47.8 Å². The smallest absolute Gasteiger partial charge is 0.225 e. The first-order chi connectivity index (χ1) is 9.65. The molecule has 21 heavy (non-hydrogen) atoms. The largest absolute Gasteiger partial charge is 0.342 e. The SMILES string of the molecule is CC(C(=O)N1CCC(n2cc(Br)cn2)CC1)C1CNC1.Cl. The van der Waals surface area contributed by atoms with Gasteiger partial charge in [0.15, 0.2) is 0 Å². The Morgan fingerprint density at radius 2 is 2.10 bits per heavy atom. The van der Waals surface area contributed by atoms with Crippen LogP contribution < -0.4 is 5.32 Å². The summed E-state index contributed by atoms with van der Waals surface area (Å²) in [5.74, 6) is 1.02. The molecule has 2 aliphatic rings. The minimum Gasteiger partial charge on any atom is -0.342 e. The third-order valence-corrected chi connectivity index (χ3v) is 5.04. The standard InChI is InChI=1S/C14H21BrN4O.ClH/c1-10(11-6-16-7-11)14(20)18-4-2-13(3-5-18)19-9-12(15)8-17-19;/h8-11,13,16H,2-7H2,1H3;1H. The number of nitrogens with one attached hydrogen (secondary N) is 1. The van der Waals surface area contributed by atoms with Crippen LogP contribution >= 0.6 is 28.3 Å². The van der Waals surface area contributed by atoms with Crippen molar-refractivity contribution in [1.29, 1.82) is 0 Å². The summed E-state index contributed by atoms with van der Waals surface area (Å²) < 4.78 is 3.03. The van der Waals surface area contributed by atoms with Crippen LogP contribution in [0.3, 0.4) is 0 Å². The molecule has 2 saturated heterocycles. The summed E-state index contributed by atoms with van der Waals surface area (Å²) in [5.41, 5.74) is 0. The lowest BCUT2D eigenvalue weighted by atomic mass is 9.87. The van der Waals surface area contributed by atoms with Crippen molar-refractivity contribution in [2.45, 2.75) is 25.8 Å². The Hall–Kier alpha value is -0.590. The lowest BCUT2D eigenvalue weighted by molar-refractivity contribution is -0.138. The van der Waals surface area contributed by atoms with Crippen LogP contribution in [0.2, 0.25) is 0 Å². The van der Waals surface area contributed by atoms with Gasteiger partial charge in [0, 0.05) is 25.2 Å². The summed E-state index contributed by atoms with van der Waals surface area (Å²) in [4.78, 5) is 14.5. The molecule has 3 rings (SSSR count). The highest BCUT2D eigenvalue weighted by atomic mass is 79.9. The first kappa shape index (κ1) is 16.8. The molecule has 1 amide bonds. The monoisotopic (exact) mass is 376 g/mol. The number of halogens is 2. The lowest BCUT2D eigenvalue weighted by Gasteiger charge is -2.38. The van der Waals surface area contributed by atoms with Crippen molar-refractivity contribution in [2.24, 2.45) is 11.8 Å². The van der Waals surface area contributed by atoms with Gasteiger partial charge in [0.05, 0.1) is 16.7 Å². The van der Waals surface area contributed by atoms with Crippen molar-refractivity contribution in [3.05, 3.63) is 16.9 Å². The number of piperidine rings is 1. The molecule has 0 radical (unpaired) electrons. The maximum atomic E-state index is 12.4. The highest BCUT2D eigenvalue weighted by Gasteiger charge is 2.33. The van der Waals surface area contributed by atoms with Crippen molar-refractivity contribution in [2.75, 3.05) is 26.2 Å². The van der Waals surface area contributed by atoms with Crippen LogP contribution in [0.1, 0.15) is 25.8 Å². The molecule has 118 valence electrons. The Balaban J connectivity index is 0.00000161. The normalized spacial score (nSPS) is 21.5. The summed E-state index contributed by atoms with van der Waals surface area (Å²) in [6.45, 7) is 5.76. The van der Waals surface area contributed by atoms with Crippen LogP contribution in [0.25, 0.3) is 0 Å². The fourth-order valence-electron chi connectivity index (χ4n) is 3.02. The molecule has 0 aromatic carbocycles. The second-order valence-corrected chi connectivity index (χ2v) is 6.82. The van der Waals surface area contributed by atoms with Gasteiger partial charge in [-0.1, -0.05) is 6.92 Å². The minimum atomic E-state index is 0. The van der Waals surface area contributed by atoms with E-state index in [1.807, 2.05) is 22.0 Å². The molecule has 1 aromatic rings. The number of hydrogen-bond acceptors (Lipinski definition) is 3. The van der Waals surface area contributed by atoms with Crippen LogP contribution in [0.4, 0.5) is 0 Å². The number of aromatic nitrogens is 2. The van der Waals surface area contributed by atoms with Crippen molar-refractivity contribution in [1.82, 2.24) is 20.0 Å². The maximum absolute atomic E-state index is 12.4. The lowest BCUT2D eigenvalue weighted by Crippen LogP contribution is -2.51. The number of rotatable bonds is 3. The number of amides is 1. The average Bonchev–Trinajstić information content (AvgIpc) is 2.83. The molecule has 3 heterocycles. The van der Waals surface area contributed by atoms with Crippen molar-refractivity contribution in [3.63, 3.8) is 0 Å². The fraction of sp³-hybridized carbons (Fsp3) is 0.714. The zero-order valence-corrected chi connectivity index (χ0v) is 14.6. The van der Waals surface area contributed by atoms with Crippen LogP contribution in [0.5, 0.6) is 0 Å². The molecule has 2 fully saturated rings. The van der Waals surface area contributed by atoms with Gasteiger partial charge in [-0.3, -0.25) is 9.48 Å². The van der Waals surface area contributed by atoms with E-state index in [1.165, 1.54) is 0 Å². The molecule has 1 N–H and O–H groups in total. The maximum Gasteiger partial charge on any atom is 0.225 e. The summed E-state index contributed by atoms with van der Waals surface area (Å²) in [6, 6.07) is 0.422. The quantitative estimate of drug-likeness (QED) is 0.877. The Morgan fingerprint density at radius 3 is 2.57 bits per heavy atom. The van der Waals surface area contributed by atoms with E-state index in [-0.39, 0.29) is 18.3 Å². The molecular weight excluding hydrogens is 356 g/mol. The van der Waals surface area contributed by atoms with Gasteiger partial charge >= 0.3 is 0 Å². The molecule has 0 saturated carbocycles. The number of hydrogen-bond donors (Lipinski definition) is 1. The first-order valence-electron chi connectivity index (χ1n) is 7.34. The van der Waals surface area contributed by atoms with Crippen LogP contribution in [-0.4, -0.2) is 46.8 Å². The molecule has 1 atom stereocenters. The zero-order chi connectivity index (χ0) is 14.1. The van der Waals surface area contributed by atoms with Crippen LogP contribution in [0, 0.1) is 11.8 Å². The number of carbonyl (C=O) groups excluding carboxylic acids is 1. The van der Waals surface area contributed by atoms with Gasteiger partial charge in [0.25, 0.3) is 0 Å². The Bertz CT molecular complexity index is 483. The van der Waals surface area contributed by atoms with E-state index >= 15 is 0 Å². The van der Waals surface area contributed by atoms with E-state index in [9.17, 15) is 4.79 Å². The summed E-state index contributed by atoms with van der Waals surface area (Å²) in [6.07, 6.45) is 5.83. The van der Waals surface area contributed by atoms with Gasteiger partial charge in [0.1, 0.15) is 0 Å². The fourth-order valence-corrected chi connectivity index (χ4v) is 3.32. The molecule has 1 unspecified atom stereocenters. The molecule has 2 aliphatic heterocycles. The van der Waals surface area contributed by atoms with E-state index in [4.69, 9.17) is 0 Å². The molecule has 1 aromatic heterocycles. The Labute approximate surface area is 140 Å². The number of likely N-dealkylation sites (tertiary alicyclic amines) is 1. The molecular formula is C14H22BrClN4O. The predicted molar refractivity (Wildman–Crippen MR) is 87.5 cm³/mol. The second-order valence-electron chi connectivity index (χ2n) is 5.90. The third-order valence-electron chi connectivity index (χ3n) is 4.63. The molecule has 5 nitrogen and oxygen atoms in total. The van der Waals surface area contributed by atoms with Gasteiger partial charge in [-0.2, -0.15) is 5.10 Å². The third kappa shape index (κ3) is 3.60. The predicted octanol–water partition coefficient (Wildman–Crippen LogP) is 2.09. The average molecular weight is 378 g/mol. The molecule has 0 bridgehead atoms. The topological polar surface area (TPSA) is 50.2 Å².